The molecule has 0 spiro atoms. The van der Waals surface area contributed by atoms with Gasteiger partial charge in [0.15, 0.2) is 11.6 Å². The van der Waals surface area contributed by atoms with E-state index in [0.717, 1.165) is 38.2 Å². The van der Waals surface area contributed by atoms with Crippen LogP contribution in [-0.4, -0.2) is 40.0 Å². The number of anilines is 1. The Kier molecular flexibility index (Phi) is 8.38. The van der Waals surface area contributed by atoms with Gasteiger partial charge in [-0.15, -0.1) is 0 Å². The number of halogens is 2. The number of carboxylic acids is 1. The second-order valence-corrected chi connectivity index (χ2v) is 9.07. The fraction of sp³-hybridized carbons (Fsp3) is 0.321. The molecule has 2 heterocycles. The SMILES string of the molecule is O=C(O)c1ccc2c(c1)CN(Cc1ccc(F)c(F)c1)CCCCCCCN2C(=O)c1cccnc1. The summed E-state index contributed by atoms with van der Waals surface area (Å²) < 4.78 is 27.3. The molecule has 1 aromatic heterocycles. The van der Waals surface area contributed by atoms with Crippen molar-refractivity contribution in [1.29, 1.82) is 0 Å². The molecule has 8 heteroatoms. The van der Waals surface area contributed by atoms with Crippen LogP contribution in [0, 0.1) is 11.6 Å². The van der Waals surface area contributed by atoms with Crippen LogP contribution in [-0.2, 0) is 13.1 Å². The van der Waals surface area contributed by atoms with E-state index in [1.807, 2.05) is 0 Å². The maximum Gasteiger partial charge on any atom is 0.335 e. The van der Waals surface area contributed by atoms with Crippen LogP contribution in [0.4, 0.5) is 14.5 Å². The zero-order valence-electron chi connectivity index (χ0n) is 20.0. The number of amides is 1. The third-order valence-corrected chi connectivity index (χ3v) is 6.41. The molecule has 0 bridgehead atoms. The lowest BCUT2D eigenvalue weighted by Gasteiger charge is -2.29. The topological polar surface area (TPSA) is 73.7 Å². The minimum atomic E-state index is -1.05. The van der Waals surface area contributed by atoms with E-state index in [4.69, 9.17) is 0 Å². The van der Waals surface area contributed by atoms with Crippen molar-refractivity contribution < 1.29 is 23.5 Å². The average Bonchev–Trinajstić information content (AvgIpc) is 2.87. The molecule has 1 amide bonds. The Morgan fingerprint density at radius 2 is 1.67 bits per heavy atom. The van der Waals surface area contributed by atoms with Gasteiger partial charge >= 0.3 is 5.97 Å². The van der Waals surface area contributed by atoms with E-state index in [9.17, 15) is 23.5 Å². The molecule has 3 aromatic rings. The number of benzene rings is 2. The Morgan fingerprint density at radius 3 is 2.39 bits per heavy atom. The monoisotopic (exact) mass is 493 g/mol. The average molecular weight is 494 g/mol. The number of carbonyl (C=O) groups excluding carboxylic acids is 1. The second-order valence-electron chi connectivity index (χ2n) is 9.07. The standard InChI is InChI=1S/C28H29F2N3O3/c29-24-10-8-20(15-25(24)30)18-32-13-4-2-1-3-5-14-33(27(34)22-7-6-12-31-17-22)26-11-9-21(28(35)36)16-23(26)19-32/h6-12,15-17H,1-5,13-14,18-19H2,(H,35,36). The second kappa shape index (κ2) is 11.9. The highest BCUT2D eigenvalue weighted by molar-refractivity contribution is 6.06. The summed E-state index contributed by atoms with van der Waals surface area (Å²) in [6, 6.07) is 12.1. The number of hydrogen-bond acceptors (Lipinski definition) is 4. The Labute approximate surface area is 209 Å². The van der Waals surface area contributed by atoms with Crippen molar-refractivity contribution in [2.45, 2.75) is 45.2 Å². The highest BCUT2D eigenvalue weighted by Crippen LogP contribution is 2.28. The lowest BCUT2D eigenvalue weighted by atomic mass is 10.0. The molecule has 0 saturated heterocycles. The predicted octanol–water partition coefficient (Wildman–Crippen LogP) is 5.67. The maximum atomic E-state index is 13.9. The molecule has 0 saturated carbocycles. The van der Waals surface area contributed by atoms with Gasteiger partial charge in [-0.2, -0.15) is 0 Å². The normalized spacial score (nSPS) is 15.4. The Morgan fingerprint density at radius 1 is 0.889 bits per heavy atom. The van der Waals surface area contributed by atoms with Crippen LogP contribution >= 0.6 is 0 Å². The molecule has 6 nitrogen and oxygen atoms in total. The van der Waals surface area contributed by atoms with Crippen LogP contribution in [0.25, 0.3) is 0 Å². The number of fused-ring (bicyclic) bond motifs is 1. The first kappa shape index (κ1) is 25.4. The van der Waals surface area contributed by atoms with Gasteiger partial charge in [-0.3, -0.25) is 14.7 Å². The summed E-state index contributed by atoms with van der Waals surface area (Å²) in [5.41, 5.74) is 2.54. The molecule has 0 radical (unpaired) electrons. The molecule has 0 aliphatic carbocycles. The van der Waals surface area contributed by atoms with Gasteiger partial charge in [0.25, 0.3) is 5.91 Å². The molecule has 188 valence electrons. The van der Waals surface area contributed by atoms with E-state index >= 15 is 0 Å². The lowest BCUT2D eigenvalue weighted by Crippen LogP contribution is -2.34. The summed E-state index contributed by atoms with van der Waals surface area (Å²) in [7, 11) is 0. The molecule has 2 aromatic carbocycles. The third-order valence-electron chi connectivity index (χ3n) is 6.41. The highest BCUT2D eigenvalue weighted by atomic mass is 19.2. The van der Waals surface area contributed by atoms with E-state index in [2.05, 4.69) is 9.88 Å². The first-order valence-electron chi connectivity index (χ1n) is 12.2. The molecule has 36 heavy (non-hydrogen) atoms. The van der Waals surface area contributed by atoms with E-state index in [-0.39, 0.29) is 11.5 Å². The van der Waals surface area contributed by atoms with E-state index in [1.165, 1.54) is 18.3 Å². The minimum absolute atomic E-state index is 0.127. The fourth-order valence-electron chi connectivity index (χ4n) is 4.57. The molecule has 1 aliphatic rings. The van der Waals surface area contributed by atoms with Crippen molar-refractivity contribution in [2.75, 3.05) is 18.0 Å². The van der Waals surface area contributed by atoms with Crippen molar-refractivity contribution in [3.05, 3.63) is 94.8 Å². The number of pyridine rings is 1. The highest BCUT2D eigenvalue weighted by Gasteiger charge is 2.23. The zero-order chi connectivity index (χ0) is 25.5. The van der Waals surface area contributed by atoms with Gasteiger partial charge in [0, 0.05) is 37.7 Å². The van der Waals surface area contributed by atoms with Crippen LogP contribution in [0.1, 0.15) is 63.9 Å². The summed E-state index contributed by atoms with van der Waals surface area (Å²) in [4.78, 5) is 33.2. The number of aromatic carboxylic acids is 1. The number of hydrogen-bond donors (Lipinski definition) is 1. The van der Waals surface area contributed by atoms with Crippen molar-refractivity contribution >= 4 is 17.6 Å². The van der Waals surface area contributed by atoms with E-state index in [1.54, 1.807) is 41.4 Å². The zero-order valence-corrected chi connectivity index (χ0v) is 20.0. The molecule has 1 aliphatic heterocycles. The minimum Gasteiger partial charge on any atom is -0.478 e. The molecular formula is C28H29F2N3O3. The predicted molar refractivity (Wildman–Crippen MR) is 133 cm³/mol. The molecular weight excluding hydrogens is 464 g/mol. The molecule has 0 fully saturated rings. The van der Waals surface area contributed by atoms with Crippen LogP contribution < -0.4 is 4.90 Å². The summed E-state index contributed by atoms with van der Waals surface area (Å²) in [6.07, 6.45) is 7.88. The largest absolute Gasteiger partial charge is 0.478 e. The van der Waals surface area contributed by atoms with Gasteiger partial charge in [-0.25, -0.2) is 13.6 Å². The summed E-state index contributed by atoms with van der Waals surface area (Å²) >= 11 is 0. The Hall–Kier alpha value is -3.65. The number of rotatable bonds is 4. The van der Waals surface area contributed by atoms with Crippen molar-refractivity contribution in [1.82, 2.24) is 9.88 Å². The van der Waals surface area contributed by atoms with E-state index < -0.39 is 17.6 Å². The molecule has 0 atom stereocenters. The van der Waals surface area contributed by atoms with Gasteiger partial charge in [-0.1, -0.05) is 25.3 Å². The number of aromatic nitrogens is 1. The molecule has 1 N–H and O–H groups in total. The van der Waals surface area contributed by atoms with Crippen molar-refractivity contribution in [3.8, 4) is 0 Å². The molecule has 0 unspecified atom stereocenters. The van der Waals surface area contributed by atoms with Gasteiger partial charge < -0.3 is 10.0 Å². The third kappa shape index (κ3) is 6.31. The van der Waals surface area contributed by atoms with Crippen LogP contribution in [0.3, 0.4) is 0 Å². The first-order valence-corrected chi connectivity index (χ1v) is 12.2. The lowest BCUT2D eigenvalue weighted by molar-refractivity contribution is 0.0696. The first-order chi connectivity index (χ1) is 17.4. The van der Waals surface area contributed by atoms with Crippen LogP contribution in [0.2, 0.25) is 0 Å². The van der Waals surface area contributed by atoms with Gasteiger partial charge in [-0.05, 0) is 73.0 Å². The summed E-state index contributed by atoms with van der Waals surface area (Å²) in [6.45, 7) is 1.92. The van der Waals surface area contributed by atoms with Gasteiger partial charge in [0.2, 0.25) is 0 Å². The smallest absolute Gasteiger partial charge is 0.335 e. The number of nitrogens with zero attached hydrogens (tertiary/aromatic N) is 3. The van der Waals surface area contributed by atoms with Crippen LogP contribution in [0.15, 0.2) is 60.9 Å². The van der Waals surface area contributed by atoms with Gasteiger partial charge in [0.1, 0.15) is 0 Å². The summed E-state index contributed by atoms with van der Waals surface area (Å²) in [5, 5.41) is 9.63. The van der Waals surface area contributed by atoms with Crippen molar-refractivity contribution in [3.63, 3.8) is 0 Å². The summed E-state index contributed by atoms with van der Waals surface area (Å²) in [5.74, 6) is -3.05. The molecule has 4 rings (SSSR count). The van der Waals surface area contributed by atoms with Crippen molar-refractivity contribution in [2.24, 2.45) is 0 Å². The fourth-order valence-corrected chi connectivity index (χ4v) is 4.57. The van der Waals surface area contributed by atoms with E-state index in [0.29, 0.717) is 48.6 Å². The van der Waals surface area contributed by atoms with Gasteiger partial charge in [0.05, 0.1) is 11.1 Å². The maximum absolute atomic E-state index is 13.9. The Balaban J connectivity index is 1.73. The number of carboxylic acid groups (broad SMARTS) is 1. The van der Waals surface area contributed by atoms with Crippen LogP contribution in [0.5, 0.6) is 0 Å². The number of carbonyl (C=O) groups is 2. The quantitative estimate of drug-likeness (QED) is 0.507. The Bertz CT molecular complexity index is 1220.